The molecule has 0 saturated heterocycles. The standard InChI is InChI=1S/C23H28BrN3O3/c1-4-5-13-30-20-12-11-19(24)14-18(20)15-25-27-23(29)21(16(2)3)26-22(28)17-9-7-6-8-10-17/h6-12,14-16,21H,4-5,13H2,1-3H3,(H,26,28)(H,27,29). The summed E-state index contributed by atoms with van der Waals surface area (Å²) in [4.78, 5) is 25.0. The van der Waals surface area contributed by atoms with Crippen molar-refractivity contribution in [1.82, 2.24) is 10.7 Å². The second-order valence-corrected chi connectivity index (χ2v) is 8.10. The number of nitrogens with one attached hydrogen (secondary N) is 2. The van der Waals surface area contributed by atoms with Gasteiger partial charge >= 0.3 is 0 Å². The molecule has 0 spiro atoms. The molecule has 0 radical (unpaired) electrons. The number of hydrazone groups is 1. The maximum Gasteiger partial charge on any atom is 0.262 e. The highest BCUT2D eigenvalue weighted by Crippen LogP contribution is 2.22. The van der Waals surface area contributed by atoms with Crippen molar-refractivity contribution in [2.75, 3.05) is 6.61 Å². The van der Waals surface area contributed by atoms with E-state index >= 15 is 0 Å². The number of hydrogen-bond acceptors (Lipinski definition) is 4. The van der Waals surface area contributed by atoms with Gasteiger partial charge in [-0.15, -0.1) is 0 Å². The van der Waals surface area contributed by atoms with Crippen LogP contribution < -0.4 is 15.5 Å². The Bertz CT molecular complexity index is 869. The highest BCUT2D eigenvalue weighted by Gasteiger charge is 2.24. The fourth-order valence-corrected chi connectivity index (χ4v) is 3.04. The summed E-state index contributed by atoms with van der Waals surface area (Å²) in [5.74, 6) is -0.0879. The molecular weight excluding hydrogens is 446 g/mol. The Morgan fingerprint density at radius 2 is 1.90 bits per heavy atom. The van der Waals surface area contributed by atoms with Gasteiger partial charge in [0.15, 0.2) is 0 Å². The zero-order valence-electron chi connectivity index (χ0n) is 17.5. The first-order valence-electron chi connectivity index (χ1n) is 10.0. The summed E-state index contributed by atoms with van der Waals surface area (Å²) in [6, 6.07) is 13.7. The van der Waals surface area contributed by atoms with Gasteiger partial charge in [-0.05, 0) is 42.7 Å². The number of carbonyl (C=O) groups excluding carboxylic acids is 2. The summed E-state index contributed by atoms with van der Waals surface area (Å²) in [6.45, 7) is 6.46. The molecule has 7 heteroatoms. The van der Waals surface area contributed by atoms with Crippen molar-refractivity contribution in [2.45, 2.75) is 39.7 Å². The van der Waals surface area contributed by atoms with Crippen molar-refractivity contribution in [3.8, 4) is 5.75 Å². The number of carbonyl (C=O) groups is 2. The van der Waals surface area contributed by atoms with Gasteiger partial charge < -0.3 is 10.1 Å². The van der Waals surface area contributed by atoms with Crippen LogP contribution in [0.1, 0.15) is 49.5 Å². The summed E-state index contributed by atoms with van der Waals surface area (Å²) in [5, 5.41) is 6.86. The Morgan fingerprint density at radius 1 is 1.17 bits per heavy atom. The molecule has 0 aromatic heterocycles. The van der Waals surface area contributed by atoms with Crippen LogP contribution in [0.3, 0.4) is 0 Å². The number of unbranched alkanes of at least 4 members (excludes halogenated alkanes) is 1. The minimum absolute atomic E-state index is 0.105. The van der Waals surface area contributed by atoms with Crippen LogP contribution in [0.4, 0.5) is 0 Å². The van der Waals surface area contributed by atoms with Crippen LogP contribution in [0, 0.1) is 5.92 Å². The molecule has 1 unspecified atom stereocenters. The third-order valence-corrected chi connectivity index (χ3v) is 4.87. The quantitative estimate of drug-likeness (QED) is 0.302. The molecule has 30 heavy (non-hydrogen) atoms. The molecule has 0 bridgehead atoms. The zero-order valence-corrected chi connectivity index (χ0v) is 19.1. The lowest BCUT2D eigenvalue weighted by Gasteiger charge is -2.20. The Labute approximate surface area is 186 Å². The van der Waals surface area contributed by atoms with E-state index in [0.29, 0.717) is 17.9 Å². The van der Waals surface area contributed by atoms with Crippen LogP contribution in [0.5, 0.6) is 5.75 Å². The van der Waals surface area contributed by atoms with Gasteiger partial charge in [0.2, 0.25) is 0 Å². The average molecular weight is 474 g/mol. The number of ether oxygens (including phenoxy) is 1. The van der Waals surface area contributed by atoms with Gasteiger partial charge in [-0.3, -0.25) is 9.59 Å². The number of hydrogen-bond donors (Lipinski definition) is 2. The van der Waals surface area contributed by atoms with Gasteiger partial charge in [0.05, 0.1) is 12.8 Å². The molecular formula is C23H28BrN3O3. The fraction of sp³-hybridized carbons (Fsp3) is 0.348. The smallest absolute Gasteiger partial charge is 0.262 e. The summed E-state index contributed by atoms with van der Waals surface area (Å²) >= 11 is 3.44. The third kappa shape index (κ3) is 7.30. The van der Waals surface area contributed by atoms with Crippen LogP contribution >= 0.6 is 15.9 Å². The van der Waals surface area contributed by atoms with Gasteiger partial charge in [0.25, 0.3) is 11.8 Å². The molecule has 2 aromatic carbocycles. The van der Waals surface area contributed by atoms with E-state index in [-0.39, 0.29) is 17.7 Å². The van der Waals surface area contributed by atoms with Crippen molar-refractivity contribution >= 4 is 34.0 Å². The monoisotopic (exact) mass is 473 g/mol. The lowest BCUT2D eigenvalue weighted by atomic mass is 10.0. The summed E-state index contributed by atoms with van der Waals surface area (Å²) in [5.41, 5.74) is 3.78. The summed E-state index contributed by atoms with van der Waals surface area (Å²) in [7, 11) is 0. The Morgan fingerprint density at radius 3 is 2.57 bits per heavy atom. The first-order chi connectivity index (χ1) is 14.4. The SMILES string of the molecule is CCCCOc1ccc(Br)cc1C=NNC(=O)C(NC(=O)c1ccccc1)C(C)C. The van der Waals surface area contributed by atoms with E-state index in [4.69, 9.17) is 4.74 Å². The number of halogens is 1. The van der Waals surface area contributed by atoms with Crippen molar-refractivity contribution in [3.05, 3.63) is 64.1 Å². The van der Waals surface area contributed by atoms with Crippen molar-refractivity contribution < 1.29 is 14.3 Å². The Hall–Kier alpha value is -2.67. The van der Waals surface area contributed by atoms with Gasteiger partial charge in [0, 0.05) is 15.6 Å². The van der Waals surface area contributed by atoms with Gasteiger partial charge in [-0.25, -0.2) is 5.43 Å². The zero-order chi connectivity index (χ0) is 21.9. The van der Waals surface area contributed by atoms with Crippen LogP contribution in [0.2, 0.25) is 0 Å². The van der Waals surface area contributed by atoms with Crippen molar-refractivity contribution in [1.29, 1.82) is 0 Å². The van der Waals surface area contributed by atoms with E-state index in [1.807, 2.05) is 38.1 Å². The van der Waals surface area contributed by atoms with Gasteiger partial charge in [-0.1, -0.05) is 61.3 Å². The van der Waals surface area contributed by atoms with E-state index < -0.39 is 6.04 Å². The highest BCUT2D eigenvalue weighted by atomic mass is 79.9. The van der Waals surface area contributed by atoms with Gasteiger partial charge in [-0.2, -0.15) is 5.10 Å². The Kier molecular flexibility index (Phi) is 9.54. The molecule has 0 saturated carbocycles. The molecule has 2 amide bonds. The van der Waals surface area contributed by atoms with Crippen LogP contribution in [-0.4, -0.2) is 30.7 Å². The predicted octanol–water partition coefficient (Wildman–Crippen LogP) is 4.53. The molecule has 2 rings (SSSR count). The molecule has 0 aliphatic rings. The van der Waals surface area contributed by atoms with E-state index in [1.54, 1.807) is 30.5 Å². The van der Waals surface area contributed by atoms with Gasteiger partial charge in [0.1, 0.15) is 11.8 Å². The van der Waals surface area contributed by atoms with E-state index in [2.05, 4.69) is 38.7 Å². The molecule has 0 aliphatic carbocycles. The van der Waals surface area contributed by atoms with Crippen LogP contribution in [-0.2, 0) is 4.79 Å². The lowest BCUT2D eigenvalue weighted by Crippen LogP contribution is -2.48. The molecule has 0 heterocycles. The summed E-state index contributed by atoms with van der Waals surface area (Å²) < 4.78 is 6.68. The minimum Gasteiger partial charge on any atom is -0.493 e. The first-order valence-corrected chi connectivity index (χ1v) is 10.8. The molecule has 0 fully saturated rings. The molecule has 1 atom stereocenters. The molecule has 0 aliphatic heterocycles. The second kappa shape index (κ2) is 12.1. The predicted molar refractivity (Wildman–Crippen MR) is 123 cm³/mol. The number of rotatable bonds is 10. The fourth-order valence-electron chi connectivity index (χ4n) is 2.66. The lowest BCUT2D eigenvalue weighted by molar-refractivity contribution is -0.123. The third-order valence-electron chi connectivity index (χ3n) is 4.38. The normalized spacial score (nSPS) is 12.0. The van der Waals surface area contributed by atoms with Crippen LogP contribution in [0.15, 0.2) is 58.1 Å². The second-order valence-electron chi connectivity index (χ2n) is 7.18. The molecule has 160 valence electrons. The highest BCUT2D eigenvalue weighted by molar-refractivity contribution is 9.10. The van der Waals surface area contributed by atoms with Crippen molar-refractivity contribution in [3.63, 3.8) is 0 Å². The minimum atomic E-state index is -0.711. The van der Waals surface area contributed by atoms with E-state index in [0.717, 1.165) is 22.9 Å². The number of nitrogens with zero attached hydrogens (tertiary/aromatic N) is 1. The average Bonchev–Trinajstić information content (AvgIpc) is 2.73. The van der Waals surface area contributed by atoms with Crippen LogP contribution in [0.25, 0.3) is 0 Å². The maximum atomic E-state index is 12.6. The molecule has 2 N–H and O–H groups in total. The largest absolute Gasteiger partial charge is 0.493 e. The van der Waals surface area contributed by atoms with E-state index in [9.17, 15) is 9.59 Å². The summed E-state index contributed by atoms with van der Waals surface area (Å²) in [6.07, 6.45) is 3.54. The number of benzene rings is 2. The van der Waals surface area contributed by atoms with E-state index in [1.165, 1.54) is 0 Å². The first kappa shape index (κ1) is 23.6. The molecule has 6 nitrogen and oxygen atoms in total. The van der Waals surface area contributed by atoms with Crippen molar-refractivity contribution in [2.24, 2.45) is 11.0 Å². The topological polar surface area (TPSA) is 79.8 Å². The maximum absolute atomic E-state index is 12.6. The molecule has 2 aromatic rings. The Balaban J connectivity index is 2.04. The number of amides is 2.